The molecule has 0 fully saturated rings. The fourth-order valence-electron chi connectivity index (χ4n) is 2.06. The molecule has 0 bridgehead atoms. The van der Waals surface area contributed by atoms with Crippen LogP contribution < -0.4 is 0 Å². The number of aromatic nitrogens is 1. The van der Waals surface area contributed by atoms with Gasteiger partial charge in [0.05, 0.1) is 6.61 Å². The van der Waals surface area contributed by atoms with Gasteiger partial charge in [-0.05, 0) is 18.6 Å². The van der Waals surface area contributed by atoms with Crippen LogP contribution in [0.5, 0.6) is 0 Å². The summed E-state index contributed by atoms with van der Waals surface area (Å²) >= 11 is 0. The molecule has 0 saturated carbocycles. The Morgan fingerprint density at radius 1 is 1.50 bits per heavy atom. The summed E-state index contributed by atoms with van der Waals surface area (Å²) in [7, 11) is 0. The second-order valence-corrected chi connectivity index (χ2v) is 4.02. The number of rotatable bonds is 3. The van der Waals surface area contributed by atoms with Gasteiger partial charge in [-0.2, -0.15) is 0 Å². The molecule has 3 heteroatoms. The van der Waals surface area contributed by atoms with Crippen molar-refractivity contribution in [1.29, 1.82) is 0 Å². The van der Waals surface area contributed by atoms with E-state index in [1.807, 2.05) is 19.2 Å². The highest BCUT2D eigenvalue weighted by Crippen LogP contribution is 2.30. The molecule has 1 atom stereocenters. The van der Waals surface area contributed by atoms with Crippen LogP contribution in [-0.4, -0.2) is 16.3 Å². The molecule has 16 heavy (non-hydrogen) atoms. The van der Waals surface area contributed by atoms with Crippen LogP contribution in [-0.2, 0) is 6.61 Å². The molecule has 0 radical (unpaired) electrons. The number of pyridine rings is 1. The van der Waals surface area contributed by atoms with E-state index in [4.69, 9.17) is 0 Å². The van der Waals surface area contributed by atoms with Gasteiger partial charge in [-0.3, -0.25) is 9.98 Å². The zero-order valence-corrected chi connectivity index (χ0v) is 9.64. The normalized spacial score (nSPS) is 16.3. The SMILES string of the molecule is Cc1nccc(C(C)C2=CCC=N2)c1CO. The number of nitrogens with zero attached hydrogens (tertiary/aromatic N) is 2. The molecule has 84 valence electrons. The van der Waals surface area contributed by atoms with E-state index in [0.717, 1.165) is 28.9 Å². The summed E-state index contributed by atoms with van der Waals surface area (Å²) in [6.07, 6.45) is 6.75. The molecule has 2 rings (SSSR count). The lowest BCUT2D eigenvalue weighted by Crippen LogP contribution is -2.04. The highest BCUT2D eigenvalue weighted by Gasteiger charge is 2.17. The number of allylic oxidation sites excluding steroid dienone is 2. The summed E-state index contributed by atoms with van der Waals surface area (Å²) in [5, 5.41) is 9.39. The van der Waals surface area contributed by atoms with Crippen molar-refractivity contribution in [2.24, 2.45) is 4.99 Å². The summed E-state index contributed by atoms with van der Waals surface area (Å²) in [5.74, 6) is 0.225. The minimum Gasteiger partial charge on any atom is -0.392 e. The summed E-state index contributed by atoms with van der Waals surface area (Å²) in [6.45, 7) is 4.08. The molecular formula is C13H16N2O. The second-order valence-electron chi connectivity index (χ2n) is 4.02. The molecule has 1 aromatic rings. The van der Waals surface area contributed by atoms with Crippen molar-refractivity contribution < 1.29 is 5.11 Å². The average Bonchev–Trinajstić information content (AvgIpc) is 2.81. The van der Waals surface area contributed by atoms with Crippen molar-refractivity contribution >= 4 is 6.21 Å². The number of aryl methyl sites for hydroxylation is 1. The molecule has 0 spiro atoms. The van der Waals surface area contributed by atoms with Crippen molar-refractivity contribution in [1.82, 2.24) is 4.98 Å². The van der Waals surface area contributed by atoms with E-state index in [2.05, 4.69) is 23.0 Å². The summed E-state index contributed by atoms with van der Waals surface area (Å²) < 4.78 is 0. The van der Waals surface area contributed by atoms with Crippen LogP contribution in [0, 0.1) is 6.92 Å². The molecule has 1 aromatic heterocycles. The van der Waals surface area contributed by atoms with Crippen LogP contribution in [0.3, 0.4) is 0 Å². The first-order valence-electron chi connectivity index (χ1n) is 5.52. The number of hydrogen-bond donors (Lipinski definition) is 1. The van der Waals surface area contributed by atoms with E-state index < -0.39 is 0 Å². The topological polar surface area (TPSA) is 45.5 Å². The number of aliphatic imine (C=N–C) groups is 1. The maximum atomic E-state index is 9.39. The Kier molecular flexibility index (Phi) is 3.15. The van der Waals surface area contributed by atoms with E-state index in [9.17, 15) is 5.11 Å². The second kappa shape index (κ2) is 4.58. The predicted molar refractivity (Wildman–Crippen MR) is 64.5 cm³/mol. The molecule has 0 aliphatic carbocycles. The fourth-order valence-corrected chi connectivity index (χ4v) is 2.06. The van der Waals surface area contributed by atoms with Crippen molar-refractivity contribution in [2.75, 3.05) is 0 Å². The standard InChI is InChI=1S/C13H16N2O/c1-9(13-4-3-6-15-13)11-5-7-14-10(2)12(11)8-16/h4-7,9,16H,3,8H2,1-2H3. The van der Waals surface area contributed by atoms with Crippen molar-refractivity contribution in [2.45, 2.75) is 32.8 Å². The summed E-state index contributed by atoms with van der Waals surface area (Å²) in [5.41, 5.74) is 4.04. The smallest absolute Gasteiger partial charge is 0.0702 e. The molecule has 1 unspecified atom stereocenters. The lowest BCUT2D eigenvalue weighted by atomic mass is 9.93. The Bertz CT molecular complexity index is 449. The first-order valence-corrected chi connectivity index (χ1v) is 5.52. The molecule has 0 aromatic carbocycles. The van der Waals surface area contributed by atoms with Crippen LogP contribution in [0.1, 0.15) is 36.1 Å². The Labute approximate surface area is 95.6 Å². The first kappa shape index (κ1) is 11.0. The van der Waals surface area contributed by atoms with E-state index in [1.54, 1.807) is 6.20 Å². The van der Waals surface area contributed by atoms with Gasteiger partial charge in [0.2, 0.25) is 0 Å². The third-order valence-electron chi connectivity index (χ3n) is 3.05. The summed E-state index contributed by atoms with van der Waals surface area (Å²) in [6, 6.07) is 1.97. The molecular weight excluding hydrogens is 200 g/mol. The minimum atomic E-state index is 0.0380. The fraction of sp³-hybridized carbons (Fsp3) is 0.385. The van der Waals surface area contributed by atoms with Crippen molar-refractivity contribution in [3.63, 3.8) is 0 Å². The van der Waals surface area contributed by atoms with Gasteiger partial charge in [-0.25, -0.2) is 0 Å². The highest BCUT2D eigenvalue weighted by molar-refractivity contribution is 5.65. The molecule has 0 saturated heterocycles. The largest absolute Gasteiger partial charge is 0.392 e. The van der Waals surface area contributed by atoms with Gasteiger partial charge in [-0.15, -0.1) is 0 Å². The van der Waals surface area contributed by atoms with Gasteiger partial charge in [0.15, 0.2) is 0 Å². The van der Waals surface area contributed by atoms with E-state index in [1.165, 1.54) is 0 Å². The van der Waals surface area contributed by atoms with Crippen LogP contribution in [0.2, 0.25) is 0 Å². The number of hydrogen-bond acceptors (Lipinski definition) is 3. The first-order chi connectivity index (χ1) is 7.74. The highest BCUT2D eigenvalue weighted by atomic mass is 16.3. The van der Waals surface area contributed by atoms with Gasteiger partial charge < -0.3 is 5.11 Å². The van der Waals surface area contributed by atoms with Crippen molar-refractivity contribution in [3.05, 3.63) is 40.9 Å². The van der Waals surface area contributed by atoms with Gasteiger partial charge in [0, 0.05) is 41.7 Å². The van der Waals surface area contributed by atoms with E-state index in [-0.39, 0.29) is 12.5 Å². The van der Waals surface area contributed by atoms with Gasteiger partial charge in [0.1, 0.15) is 0 Å². The molecule has 2 heterocycles. The molecule has 1 aliphatic heterocycles. The Morgan fingerprint density at radius 2 is 2.31 bits per heavy atom. The monoisotopic (exact) mass is 216 g/mol. The van der Waals surface area contributed by atoms with Crippen LogP contribution in [0.4, 0.5) is 0 Å². The Morgan fingerprint density at radius 3 is 2.94 bits per heavy atom. The summed E-state index contributed by atoms with van der Waals surface area (Å²) in [4.78, 5) is 8.55. The lowest BCUT2D eigenvalue weighted by Gasteiger charge is -2.16. The van der Waals surface area contributed by atoms with Gasteiger partial charge in [-0.1, -0.05) is 13.0 Å². The van der Waals surface area contributed by atoms with Crippen LogP contribution >= 0.6 is 0 Å². The zero-order chi connectivity index (χ0) is 11.5. The number of aliphatic hydroxyl groups excluding tert-OH is 1. The molecule has 0 amide bonds. The van der Waals surface area contributed by atoms with Crippen LogP contribution in [0.25, 0.3) is 0 Å². The third-order valence-corrected chi connectivity index (χ3v) is 3.05. The zero-order valence-electron chi connectivity index (χ0n) is 9.64. The third kappa shape index (κ3) is 1.91. The molecule has 1 N–H and O–H groups in total. The van der Waals surface area contributed by atoms with E-state index >= 15 is 0 Å². The predicted octanol–water partition coefficient (Wildman–Crippen LogP) is 2.34. The minimum absolute atomic E-state index is 0.0380. The van der Waals surface area contributed by atoms with Gasteiger partial charge in [0.25, 0.3) is 0 Å². The quantitative estimate of drug-likeness (QED) is 0.843. The lowest BCUT2D eigenvalue weighted by molar-refractivity contribution is 0.279. The number of aliphatic hydroxyl groups is 1. The average molecular weight is 216 g/mol. The molecule has 1 aliphatic rings. The van der Waals surface area contributed by atoms with Crippen LogP contribution in [0.15, 0.2) is 29.0 Å². The maximum Gasteiger partial charge on any atom is 0.0702 e. The van der Waals surface area contributed by atoms with E-state index in [0.29, 0.717) is 0 Å². The van der Waals surface area contributed by atoms with Gasteiger partial charge >= 0.3 is 0 Å². The maximum absolute atomic E-state index is 9.39. The Hall–Kier alpha value is -1.48. The Balaban J connectivity index is 2.39. The molecule has 3 nitrogen and oxygen atoms in total. The van der Waals surface area contributed by atoms with Crippen molar-refractivity contribution in [3.8, 4) is 0 Å².